The van der Waals surface area contributed by atoms with Crippen LogP contribution in [0.4, 0.5) is 0 Å². The lowest BCUT2D eigenvalue weighted by molar-refractivity contribution is -0.0670. The molecule has 0 fully saturated rings. The number of aliphatic hydroxyl groups is 1. The largest absolute Gasteiger partial charge is 0.392 e. The Bertz CT molecular complexity index is 408. The summed E-state index contributed by atoms with van der Waals surface area (Å²) in [6.45, 7) is 2.25. The number of azide groups is 1. The smallest absolute Gasteiger partial charge is 0.147 e. The third-order valence-corrected chi connectivity index (χ3v) is 2.31. The van der Waals surface area contributed by atoms with E-state index in [0.29, 0.717) is 6.42 Å². The van der Waals surface area contributed by atoms with Crippen molar-refractivity contribution in [1.29, 1.82) is 5.26 Å². The lowest BCUT2D eigenvalue weighted by Gasteiger charge is -2.16. The van der Waals surface area contributed by atoms with Gasteiger partial charge in [-0.3, -0.25) is 0 Å². The normalized spacial score (nSPS) is 14.6. The van der Waals surface area contributed by atoms with Gasteiger partial charge < -0.3 is 14.6 Å². The first kappa shape index (κ1) is 18.2. The summed E-state index contributed by atoms with van der Waals surface area (Å²) in [5.74, 6) is 0. The Morgan fingerprint density at radius 1 is 1.60 bits per heavy atom. The molecular weight excluding hydrogens is 260 g/mol. The number of allylic oxidation sites excluding steroid dienone is 2. The Kier molecular flexibility index (Phi) is 11.1. The second-order valence-electron chi connectivity index (χ2n) is 4.09. The summed E-state index contributed by atoms with van der Waals surface area (Å²) in [7, 11) is 1.51. The van der Waals surface area contributed by atoms with E-state index >= 15 is 0 Å². The van der Waals surface area contributed by atoms with Gasteiger partial charge in [0.1, 0.15) is 6.79 Å². The van der Waals surface area contributed by atoms with E-state index in [1.54, 1.807) is 12.2 Å². The molecule has 0 saturated heterocycles. The van der Waals surface area contributed by atoms with Crippen molar-refractivity contribution in [2.75, 3.05) is 20.4 Å². The summed E-state index contributed by atoms with van der Waals surface area (Å²) in [6, 6.07) is 1.91. The first-order valence-electron chi connectivity index (χ1n) is 6.15. The van der Waals surface area contributed by atoms with Gasteiger partial charge in [0, 0.05) is 25.0 Å². The van der Waals surface area contributed by atoms with E-state index in [1.807, 2.05) is 19.1 Å². The minimum absolute atomic E-state index is 0.0620. The van der Waals surface area contributed by atoms with Gasteiger partial charge in [-0.25, -0.2) is 0 Å². The topological polar surface area (TPSA) is 111 Å². The van der Waals surface area contributed by atoms with Gasteiger partial charge >= 0.3 is 0 Å². The molecule has 7 nitrogen and oxygen atoms in total. The predicted molar refractivity (Wildman–Crippen MR) is 74.5 cm³/mol. The third-order valence-electron chi connectivity index (χ3n) is 2.31. The quantitative estimate of drug-likeness (QED) is 0.218. The van der Waals surface area contributed by atoms with Crippen LogP contribution in [0.1, 0.15) is 19.8 Å². The monoisotopic (exact) mass is 280 g/mol. The SMILES string of the molecule is COCO[C@H](/C=C(C)/C=C/CN=[N+]=[N-])C[C@@H](O)CC#N. The second kappa shape index (κ2) is 12.2. The van der Waals surface area contributed by atoms with Gasteiger partial charge in [-0.2, -0.15) is 5.26 Å². The Hall–Kier alpha value is -1.84. The summed E-state index contributed by atoms with van der Waals surface area (Å²) >= 11 is 0. The maximum atomic E-state index is 9.63. The Balaban J connectivity index is 4.55. The number of nitrogens with zero attached hydrogens (tertiary/aromatic N) is 4. The van der Waals surface area contributed by atoms with Crippen LogP contribution in [0, 0.1) is 11.3 Å². The average Bonchev–Trinajstić information content (AvgIpc) is 2.41. The third kappa shape index (κ3) is 10.1. The number of rotatable bonds is 10. The van der Waals surface area contributed by atoms with Crippen molar-refractivity contribution >= 4 is 0 Å². The van der Waals surface area contributed by atoms with Crippen LogP contribution in [0.15, 0.2) is 28.9 Å². The molecule has 20 heavy (non-hydrogen) atoms. The summed E-state index contributed by atoms with van der Waals surface area (Å²) in [6.07, 6.45) is 4.65. The summed E-state index contributed by atoms with van der Waals surface area (Å²) in [5.41, 5.74) is 9.05. The minimum Gasteiger partial charge on any atom is -0.392 e. The molecule has 0 saturated carbocycles. The van der Waals surface area contributed by atoms with Crippen LogP contribution in [0.25, 0.3) is 10.4 Å². The zero-order valence-electron chi connectivity index (χ0n) is 11.8. The van der Waals surface area contributed by atoms with E-state index in [1.165, 1.54) is 7.11 Å². The molecule has 0 aromatic heterocycles. The number of hydrogen-bond acceptors (Lipinski definition) is 5. The van der Waals surface area contributed by atoms with Gasteiger partial charge in [0.05, 0.1) is 24.7 Å². The minimum atomic E-state index is -0.738. The second-order valence-corrected chi connectivity index (χ2v) is 4.09. The zero-order valence-corrected chi connectivity index (χ0v) is 11.8. The van der Waals surface area contributed by atoms with Gasteiger partial charge in [0.15, 0.2) is 0 Å². The fraction of sp³-hybridized carbons (Fsp3) is 0.615. The van der Waals surface area contributed by atoms with Crippen molar-refractivity contribution in [3.8, 4) is 6.07 Å². The van der Waals surface area contributed by atoms with Crippen LogP contribution in [-0.4, -0.2) is 37.8 Å². The Labute approximate surface area is 118 Å². The standard InChI is InChI=1S/C13H20N4O3/c1-11(4-3-7-16-17-15)8-13(20-10-19-2)9-12(18)5-6-14/h3-4,8,12-13,18H,5,7,9-10H2,1-2H3/b4-3+,11-8+/t12-,13+/m0/s1. The van der Waals surface area contributed by atoms with Crippen molar-refractivity contribution in [2.24, 2.45) is 5.11 Å². The highest BCUT2D eigenvalue weighted by molar-refractivity contribution is 5.18. The van der Waals surface area contributed by atoms with Crippen LogP contribution >= 0.6 is 0 Å². The molecule has 2 atom stereocenters. The molecule has 0 aliphatic rings. The van der Waals surface area contributed by atoms with Gasteiger partial charge in [-0.15, -0.1) is 0 Å². The highest BCUT2D eigenvalue weighted by Crippen LogP contribution is 2.11. The molecule has 1 N–H and O–H groups in total. The summed E-state index contributed by atoms with van der Waals surface area (Å²) in [5, 5.41) is 21.5. The van der Waals surface area contributed by atoms with Gasteiger partial charge in [0.25, 0.3) is 0 Å². The van der Waals surface area contributed by atoms with E-state index in [-0.39, 0.29) is 25.9 Å². The van der Waals surface area contributed by atoms with Gasteiger partial charge in [-0.05, 0) is 12.5 Å². The number of hydrogen-bond donors (Lipinski definition) is 1. The van der Waals surface area contributed by atoms with Crippen LogP contribution < -0.4 is 0 Å². The van der Waals surface area contributed by atoms with Crippen LogP contribution in [0.2, 0.25) is 0 Å². The van der Waals surface area contributed by atoms with Crippen molar-refractivity contribution < 1.29 is 14.6 Å². The van der Waals surface area contributed by atoms with Crippen molar-refractivity contribution in [1.82, 2.24) is 0 Å². The van der Waals surface area contributed by atoms with E-state index in [4.69, 9.17) is 20.3 Å². The molecule has 0 amide bonds. The fourth-order valence-electron chi connectivity index (χ4n) is 1.47. The highest BCUT2D eigenvalue weighted by atomic mass is 16.7. The van der Waals surface area contributed by atoms with Crippen LogP contribution in [0.3, 0.4) is 0 Å². The lowest BCUT2D eigenvalue weighted by atomic mass is 10.1. The summed E-state index contributed by atoms with van der Waals surface area (Å²) < 4.78 is 10.3. The summed E-state index contributed by atoms with van der Waals surface area (Å²) in [4.78, 5) is 2.64. The Morgan fingerprint density at radius 3 is 2.95 bits per heavy atom. The van der Waals surface area contributed by atoms with Crippen LogP contribution in [0.5, 0.6) is 0 Å². The molecule has 0 rings (SSSR count). The molecule has 7 heteroatoms. The maximum Gasteiger partial charge on any atom is 0.147 e. The van der Waals surface area contributed by atoms with E-state index in [0.717, 1.165) is 5.57 Å². The number of aliphatic hydroxyl groups excluding tert-OH is 1. The molecule has 0 bridgehead atoms. The molecule has 0 aromatic rings. The van der Waals surface area contributed by atoms with Crippen molar-refractivity contribution in [3.05, 3.63) is 34.2 Å². The lowest BCUT2D eigenvalue weighted by Crippen LogP contribution is -2.20. The molecule has 0 aromatic carbocycles. The maximum absolute atomic E-state index is 9.63. The number of nitriles is 1. The molecule has 0 radical (unpaired) electrons. The molecule has 0 aliphatic heterocycles. The highest BCUT2D eigenvalue weighted by Gasteiger charge is 2.13. The zero-order chi connectivity index (χ0) is 15.2. The number of methoxy groups -OCH3 is 1. The van der Waals surface area contributed by atoms with Gasteiger partial charge in [0.2, 0.25) is 0 Å². The number of ether oxygens (including phenoxy) is 2. The van der Waals surface area contributed by atoms with Crippen LogP contribution in [-0.2, 0) is 9.47 Å². The predicted octanol–water partition coefficient (Wildman–Crippen LogP) is 2.45. The molecule has 0 spiro atoms. The average molecular weight is 280 g/mol. The molecule has 0 aliphatic carbocycles. The van der Waals surface area contributed by atoms with E-state index < -0.39 is 6.10 Å². The first-order chi connectivity index (χ1) is 9.63. The Morgan fingerprint density at radius 2 is 2.35 bits per heavy atom. The fourth-order valence-corrected chi connectivity index (χ4v) is 1.47. The molecule has 0 heterocycles. The molecular formula is C13H20N4O3. The van der Waals surface area contributed by atoms with Crippen molar-refractivity contribution in [2.45, 2.75) is 32.0 Å². The van der Waals surface area contributed by atoms with Crippen molar-refractivity contribution in [3.63, 3.8) is 0 Å². The molecule has 0 unspecified atom stereocenters. The van der Waals surface area contributed by atoms with E-state index in [2.05, 4.69) is 10.0 Å². The van der Waals surface area contributed by atoms with E-state index in [9.17, 15) is 5.11 Å². The van der Waals surface area contributed by atoms with Gasteiger partial charge in [-0.1, -0.05) is 28.9 Å². The molecule has 110 valence electrons. The first-order valence-corrected chi connectivity index (χ1v) is 6.15.